The van der Waals surface area contributed by atoms with Crippen molar-refractivity contribution in [1.29, 1.82) is 0 Å². The Kier molecular flexibility index (Phi) is 4.46. The van der Waals surface area contributed by atoms with E-state index in [1.165, 1.54) is 29.4 Å². The minimum atomic E-state index is -0.914. The number of hydrogen-bond acceptors (Lipinski definition) is 6. The van der Waals surface area contributed by atoms with Gasteiger partial charge in [0.2, 0.25) is 17.7 Å². The number of furan rings is 1. The normalized spacial score (nSPS) is 26.9. The number of imide groups is 1. The van der Waals surface area contributed by atoms with Crippen LogP contribution in [-0.2, 0) is 14.4 Å². The van der Waals surface area contributed by atoms with Crippen LogP contribution in [0.2, 0.25) is 0 Å². The van der Waals surface area contributed by atoms with Crippen LogP contribution in [0.1, 0.15) is 24.6 Å². The number of nitrogens with one attached hydrogen (secondary N) is 1. The van der Waals surface area contributed by atoms with Gasteiger partial charge >= 0.3 is 0 Å². The maximum atomic E-state index is 13.2. The van der Waals surface area contributed by atoms with Gasteiger partial charge in [0, 0.05) is 6.07 Å². The molecule has 1 aliphatic heterocycles. The molecule has 1 aromatic heterocycles. The molecule has 158 valence electrons. The van der Waals surface area contributed by atoms with E-state index >= 15 is 0 Å². The zero-order chi connectivity index (χ0) is 21.7. The lowest BCUT2D eigenvalue weighted by molar-refractivity contribution is -0.383. The van der Waals surface area contributed by atoms with Crippen LogP contribution in [0.15, 0.2) is 59.2 Å². The average Bonchev–Trinajstić information content (AvgIpc) is 3.52. The number of rotatable bonds is 6. The van der Waals surface area contributed by atoms with Gasteiger partial charge in [0.05, 0.1) is 29.4 Å². The van der Waals surface area contributed by atoms with Crippen molar-refractivity contribution in [2.75, 3.05) is 5.32 Å². The maximum Gasteiger partial charge on any atom is 0.292 e. The lowest BCUT2D eigenvalue weighted by atomic mass is 9.85. The topological polar surface area (TPSA) is 123 Å². The Balaban J connectivity index is 1.41. The highest BCUT2D eigenvalue weighted by molar-refractivity contribution is 6.07. The van der Waals surface area contributed by atoms with Crippen molar-refractivity contribution in [1.82, 2.24) is 4.90 Å². The van der Waals surface area contributed by atoms with Gasteiger partial charge in [-0.2, -0.15) is 0 Å². The number of likely N-dealkylation sites (tertiary alicyclic amines) is 1. The predicted octanol–water partition coefficient (Wildman–Crippen LogP) is 3.06. The minimum Gasteiger partial charge on any atom is -0.467 e. The fourth-order valence-corrected chi connectivity index (χ4v) is 5.15. The van der Waals surface area contributed by atoms with Crippen molar-refractivity contribution in [3.8, 4) is 0 Å². The van der Waals surface area contributed by atoms with E-state index in [9.17, 15) is 24.5 Å². The second-order valence-corrected chi connectivity index (χ2v) is 8.10. The molecule has 0 radical (unpaired) electrons. The highest BCUT2D eigenvalue weighted by Crippen LogP contribution is 2.54. The van der Waals surface area contributed by atoms with Gasteiger partial charge in [-0.3, -0.25) is 29.4 Å². The van der Waals surface area contributed by atoms with Gasteiger partial charge in [-0.25, -0.2) is 0 Å². The SMILES string of the molecule is O=C(CC(c1ccco1)N1C(=O)C2C3C=CC(C3)C2C1=O)Nc1ccccc1[N+](=O)[O-]. The van der Waals surface area contributed by atoms with Crippen molar-refractivity contribution < 1.29 is 23.7 Å². The molecule has 2 aromatic rings. The number of nitro benzene ring substituents is 1. The number of benzene rings is 1. The van der Waals surface area contributed by atoms with Crippen LogP contribution in [0.5, 0.6) is 0 Å². The van der Waals surface area contributed by atoms with E-state index in [1.807, 2.05) is 12.2 Å². The molecule has 5 unspecified atom stereocenters. The number of amides is 3. The quantitative estimate of drug-likeness (QED) is 0.331. The molecular formula is C22H19N3O6. The summed E-state index contributed by atoms with van der Waals surface area (Å²) in [7, 11) is 0. The van der Waals surface area contributed by atoms with Crippen molar-refractivity contribution in [3.63, 3.8) is 0 Å². The number of anilines is 1. The third-order valence-corrected chi connectivity index (χ3v) is 6.44. The lowest BCUT2D eigenvalue weighted by Crippen LogP contribution is -2.38. The van der Waals surface area contributed by atoms with E-state index in [2.05, 4.69) is 5.32 Å². The summed E-state index contributed by atoms with van der Waals surface area (Å²) < 4.78 is 5.46. The number of nitrogens with zero attached hydrogens (tertiary/aromatic N) is 2. The first kappa shape index (κ1) is 19.2. The molecule has 5 atom stereocenters. The number of fused-ring (bicyclic) bond motifs is 5. The molecule has 5 rings (SSSR count). The highest BCUT2D eigenvalue weighted by Gasteiger charge is 2.60. The van der Waals surface area contributed by atoms with Gasteiger partial charge in [-0.15, -0.1) is 0 Å². The van der Waals surface area contributed by atoms with Crippen molar-refractivity contribution in [3.05, 3.63) is 70.7 Å². The average molecular weight is 421 g/mol. The molecule has 3 aliphatic rings. The second kappa shape index (κ2) is 7.19. The molecule has 2 heterocycles. The Hall–Kier alpha value is -3.75. The van der Waals surface area contributed by atoms with Crippen LogP contribution in [0.25, 0.3) is 0 Å². The van der Waals surface area contributed by atoms with E-state index in [-0.39, 0.29) is 41.4 Å². The summed E-state index contributed by atoms with van der Waals surface area (Å²) in [6.07, 6.45) is 5.97. The van der Waals surface area contributed by atoms with Crippen LogP contribution in [0.3, 0.4) is 0 Å². The first-order chi connectivity index (χ1) is 15.0. The highest BCUT2D eigenvalue weighted by atomic mass is 16.6. The largest absolute Gasteiger partial charge is 0.467 e. The molecule has 2 fully saturated rings. The summed E-state index contributed by atoms with van der Waals surface area (Å²) in [5.41, 5.74) is -0.190. The monoisotopic (exact) mass is 421 g/mol. The minimum absolute atomic E-state index is 0.0499. The van der Waals surface area contributed by atoms with Gasteiger partial charge in [0.25, 0.3) is 5.69 Å². The van der Waals surface area contributed by atoms with E-state index in [0.29, 0.717) is 5.76 Å². The van der Waals surface area contributed by atoms with Crippen molar-refractivity contribution in [2.45, 2.75) is 18.9 Å². The molecule has 1 N–H and O–H groups in total. The first-order valence-electron chi connectivity index (χ1n) is 10.1. The van der Waals surface area contributed by atoms with Crippen LogP contribution < -0.4 is 5.32 Å². The predicted molar refractivity (Wildman–Crippen MR) is 107 cm³/mol. The Bertz CT molecular complexity index is 1080. The van der Waals surface area contributed by atoms with Gasteiger partial charge in [-0.05, 0) is 36.5 Å². The van der Waals surface area contributed by atoms with E-state index < -0.39 is 28.7 Å². The molecule has 1 saturated heterocycles. The van der Waals surface area contributed by atoms with Crippen molar-refractivity contribution in [2.24, 2.45) is 23.7 Å². The van der Waals surface area contributed by atoms with Crippen LogP contribution >= 0.6 is 0 Å². The molecule has 9 heteroatoms. The zero-order valence-electron chi connectivity index (χ0n) is 16.3. The molecule has 2 aliphatic carbocycles. The summed E-state index contributed by atoms with van der Waals surface area (Å²) in [6.45, 7) is 0. The summed E-state index contributed by atoms with van der Waals surface area (Å²) in [5.74, 6) is -1.49. The third-order valence-electron chi connectivity index (χ3n) is 6.44. The van der Waals surface area contributed by atoms with Crippen LogP contribution in [0, 0.1) is 33.8 Å². The Morgan fingerprint density at radius 2 is 1.81 bits per heavy atom. The molecule has 0 spiro atoms. The number of carbonyl (C=O) groups excluding carboxylic acids is 3. The first-order valence-corrected chi connectivity index (χ1v) is 10.1. The Labute approximate surface area is 176 Å². The number of hydrogen-bond donors (Lipinski definition) is 1. The number of carbonyl (C=O) groups is 3. The van der Waals surface area contributed by atoms with E-state index in [4.69, 9.17) is 4.42 Å². The fourth-order valence-electron chi connectivity index (χ4n) is 5.15. The molecule has 2 bridgehead atoms. The fraction of sp³-hybridized carbons (Fsp3) is 0.318. The number of para-hydroxylation sites is 2. The van der Waals surface area contributed by atoms with Gasteiger partial charge in [0.15, 0.2) is 0 Å². The molecule has 3 amide bonds. The van der Waals surface area contributed by atoms with Gasteiger partial charge < -0.3 is 9.73 Å². The smallest absolute Gasteiger partial charge is 0.292 e. The Morgan fingerprint density at radius 1 is 1.13 bits per heavy atom. The van der Waals surface area contributed by atoms with E-state index in [0.717, 1.165) is 6.42 Å². The molecule has 1 saturated carbocycles. The van der Waals surface area contributed by atoms with Crippen LogP contribution in [-0.4, -0.2) is 27.5 Å². The lowest BCUT2D eigenvalue weighted by Gasteiger charge is -2.26. The number of nitro groups is 1. The maximum absolute atomic E-state index is 13.2. The van der Waals surface area contributed by atoms with Gasteiger partial charge in [0.1, 0.15) is 17.5 Å². The summed E-state index contributed by atoms with van der Waals surface area (Å²) in [5, 5.41) is 13.8. The standard InChI is InChI=1S/C22H19N3O6/c26-18(23-14-4-1-2-5-15(14)25(29)30)11-16(17-6-3-9-31-17)24-21(27)19-12-7-8-13(10-12)20(19)22(24)28/h1-9,12-13,16,19-20H,10-11H2,(H,23,26). The molecule has 9 nitrogen and oxygen atoms in total. The molecule has 1 aromatic carbocycles. The van der Waals surface area contributed by atoms with E-state index in [1.54, 1.807) is 18.2 Å². The second-order valence-electron chi connectivity index (χ2n) is 8.10. The third kappa shape index (κ3) is 3.04. The molecular weight excluding hydrogens is 402 g/mol. The molecule has 31 heavy (non-hydrogen) atoms. The summed E-state index contributed by atoms with van der Waals surface area (Å²) >= 11 is 0. The summed E-state index contributed by atoms with van der Waals surface area (Å²) in [4.78, 5) is 51.0. The van der Waals surface area contributed by atoms with Crippen LogP contribution in [0.4, 0.5) is 11.4 Å². The van der Waals surface area contributed by atoms with Gasteiger partial charge in [-0.1, -0.05) is 24.3 Å². The number of allylic oxidation sites excluding steroid dienone is 2. The zero-order valence-corrected chi connectivity index (χ0v) is 16.3. The van der Waals surface area contributed by atoms with Crippen molar-refractivity contribution >= 4 is 29.1 Å². The Morgan fingerprint density at radius 3 is 2.42 bits per heavy atom. The summed E-state index contributed by atoms with van der Waals surface area (Å²) in [6, 6.07) is 8.12.